The van der Waals surface area contributed by atoms with Gasteiger partial charge in [-0.1, -0.05) is 13.8 Å². The summed E-state index contributed by atoms with van der Waals surface area (Å²) in [6.07, 6.45) is 1.33. The number of nitrogens with one attached hydrogen (secondary N) is 2. The number of hydrogen-bond acceptors (Lipinski definition) is 4. The lowest BCUT2D eigenvalue weighted by Gasteiger charge is -2.20. The Hall–Kier alpha value is -1.92. The summed E-state index contributed by atoms with van der Waals surface area (Å²) >= 11 is 0. The molecule has 1 amide bonds. The minimum absolute atomic E-state index is 0.0587. The van der Waals surface area contributed by atoms with Gasteiger partial charge < -0.3 is 5.11 Å². The molecule has 88 valence electrons. The largest absolute Gasteiger partial charge is 0.481 e. The highest BCUT2D eigenvalue weighted by Crippen LogP contribution is 2.25. The molecule has 7 heteroatoms. The standard InChI is InChI=1S/C9H14N4O3/c1-9(2,4-7(15)16)3-6(14)12-8-10-5-11-13-8/h5H,3-4H2,1-2H3,(H,15,16)(H2,10,11,12,13,14). The highest BCUT2D eigenvalue weighted by atomic mass is 16.4. The van der Waals surface area contributed by atoms with Crippen molar-refractivity contribution in [1.82, 2.24) is 15.2 Å². The lowest BCUT2D eigenvalue weighted by molar-refractivity contribution is -0.139. The fraction of sp³-hybridized carbons (Fsp3) is 0.556. The SMILES string of the molecule is CC(C)(CC(=O)O)CC(=O)Nc1ncn[nH]1. The predicted molar refractivity (Wildman–Crippen MR) is 55.7 cm³/mol. The van der Waals surface area contributed by atoms with Crippen LogP contribution in [0.4, 0.5) is 5.95 Å². The van der Waals surface area contributed by atoms with Gasteiger partial charge in [0.1, 0.15) is 6.33 Å². The van der Waals surface area contributed by atoms with Gasteiger partial charge >= 0.3 is 5.97 Å². The summed E-state index contributed by atoms with van der Waals surface area (Å²) in [5, 5.41) is 17.2. The second-order valence-corrected chi connectivity index (χ2v) is 4.29. The molecule has 0 saturated carbocycles. The number of carboxylic acid groups (broad SMARTS) is 1. The number of H-pyrrole nitrogens is 1. The number of aliphatic carboxylic acids is 1. The molecule has 0 aliphatic heterocycles. The first-order valence-electron chi connectivity index (χ1n) is 4.76. The first kappa shape index (κ1) is 12.2. The van der Waals surface area contributed by atoms with Gasteiger partial charge in [-0.25, -0.2) is 5.10 Å². The van der Waals surface area contributed by atoms with Crippen LogP contribution in [0.2, 0.25) is 0 Å². The summed E-state index contributed by atoms with van der Waals surface area (Å²) < 4.78 is 0. The maximum atomic E-state index is 11.5. The van der Waals surface area contributed by atoms with Crippen LogP contribution in [0, 0.1) is 5.41 Å². The quantitative estimate of drug-likeness (QED) is 0.682. The number of hydrogen-bond donors (Lipinski definition) is 3. The number of aromatic nitrogens is 3. The zero-order valence-electron chi connectivity index (χ0n) is 9.15. The molecule has 0 radical (unpaired) electrons. The first-order chi connectivity index (χ1) is 7.39. The summed E-state index contributed by atoms with van der Waals surface area (Å²) in [6.45, 7) is 3.45. The third-order valence-corrected chi connectivity index (χ3v) is 1.94. The van der Waals surface area contributed by atoms with Crippen LogP contribution in [0.3, 0.4) is 0 Å². The Bertz CT molecular complexity index is 372. The maximum Gasteiger partial charge on any atom is 0.303 e. The van der Waals surface area contributed by atoms with Gasteiger partial charge in [0.25, 0.3) is 0 Å². The van der Waals surface area contributed by atoms with E-state index < -0.39 is 11.4 Å². The Morgan fingerprint density at radius 3 is 2.69 bits per heavy atom. The summed E-state index contributed by atoms with van der Waals surface area (Å²) in [5.41, 5.74) is -0.587. The molecule has 16 heavy (non-hydrogen) atoms. The van der Waals surface area contributed by atoms with E-state index in [0.717, 1.165) is 0 Å². The molecule has 1 rings (SSSR count). The van der Waals surface area contributed by atoms with Gasteiger partial charge in [0, 0.05) is 6.42 Å². The van der Waals surface area contributed by atoms with Crippen LogP contribution in [-0.2, 0) is 9.59 Å². The average molecular weight is 226 g/mol. The smallest absolute Gasteiger partial charge is 0.303 e. The zero-order chi connectivity index (χ0) is 12.2. The molecule has 0 spiro atoms. The van der Waals surface area contributed by atoms with Crippen molar-refractivity contribution in [2.75, 3.05) is 5.32 Å². The zero-order valence-corrected chi connectivity index (χ0v) is 9.15. The molecule has 0 saturated heterocycles. The highest BCUT2D eigenvalue weighted by Gasteiger charge is 2.25. The van der Waals surface area contributed by atoms with Crippen LogP contribution in [0.1, 0.15) is 26.7 Å². The molecule has 1 aromatic heterocycles. The van der Waals surface area contributed by atoms with Gasteiger partial charge in [0.05, 0.1) is 6.42 Å². The predicted octanol–water partition coefficient (Wildman–Crippen LogP) is 0.634. The van der Waals surface area contributed by atoms with Crippen LogP contribution >= 0.6 is 0 Å². The van der Waals surface area contributed by atoms with E-state index in [1.165, 1.54) is 6.33 Å². The first-order valence-corrected chi connectivity index (χ1v) is 4.76. The number of anilines is 1. The number of carboxylic acids is 1. The third kappa shape index (κ3) is 4.07. The molecule has 0 aliphatic carbocycles. The Balaban J connectivity index is 2.47. The van der Waals surface area contributed by atoms with E-state index in [4.69, 9.17) is 5.11 Å². The van der Waals surface area contributed by atoms with Gasteiger partial charge in [0.15, 0.2) is 0 Å². The van der Waals surface area contributed by atoms with E-state index in [1.54, 1.807) is 13.8 Å². The van der Waals surface area contributed by atoms with Gasteiger partial charge in [0.2, 0.25) is 11.9 Å². The number of rotatable bonds is 5. The lowest BCUT2D eigenvalue weighted by Crippen LogP contribution is -2.25. The molecule has 0 atom stereocenters. The second-order valence-electron chi connectivity index (χ2n) is 4.29. The molecular weight excluding hydrogens is 212 g/mol. The number of nitrogens with zero attached hydrogens (tertiary/aromatic N) is 2. The molecule has 0 bridgehead atoms. The van der Waals surface area contributed by atoms with Crippen molar-refractivity contribution < 1.29 is 14.7 Å². The van der Waals surface area contributed by atoms with Crippen LogP contribution in [0.15, 0.2) is 6.33 Å². The Labute approximate surface area is 92.3 Å². The van der Waals surface area contributed by atoms with E-state index in [2.05, 4.69) is 20.5 Å². The van der Waals surface area contributed by atoms with Crippen LogP contribution in [0.5, 0.6) is 0 Å². The molecular formula is C9H14N4O3. The van der Waals surface area contributed by atoms with Crippen molar-refractivity contribution in [3.8, 4) is 0 Å². The molecule has 7 nitrogen and oxygen atoms in total. The third-order valence-electron chi connectivity index (χ3n) is 1.94. The fourth-order valence-corrected chi connectivity index (χ4v) is 1.35. The number of aromatic amines is 1. The van der Waals surface area contributed by atoms with E-state index >= 15 is 0 Å². The van der Waals surface area contributed by atoms with Crippen molar-refractivity contribution in [1.29, 1.82) is 0 Å². The summed E-state index contributed by atoms with van der Waals surface area (Å²) in [6, 6.07) is 0. The van der Waals surface area contributed by atoms with Crippen molar-refractivity contribution in [2.24, 2.45) is 5.41 Å². The van der Waals surface area contributed by atoms with Crippen LogP contribution in [-0.4, -0.2) is 32.2 Å². The van der Waals surface area contributed by atoms with Crippen molar-refractivity contribution in [3.05, 3.63) is 6.33 Å². The van der Waals surface area contributed by atoms with E-state index in [0.29, 0.717) is 0 Å². The van der Waals surface area contributed by atoms with Gasteiger partial charge in [-0.3, -0.25) is 14.9 Å². The number of carbonyl (C=O) groups is 2. The summed E-state index contributed by atoms with van der Waals surface area (Å²) in [7, 11) is 0. The van der Waals surface area contributed by atoms with Crippen molar-refractivity contribution in [3.63, 3.8) is 0 Å². The van der Waals surface area contributed by atoms with Gasteiger partial charge in [-0.05, 0) is 5.41 Å². The molecule has 0 fully saturated rings. The monoisotopic (exact) mass is 226 g/mol. The molecule has 3 N–H and O–H groups in total. The van der Waals surface area contributed by atoms with Crippen molar-refractivity contribution in [2.45, 2.75) is 26.7 Å². The van der Waals surface area contributed by atoms with E-state index in [9.17, 15) is 9.59 Å². The fourth-order valence-electron chi connectivity index (χ4n) is 1.35. The lowest BCUT2D eigenvalue weighted by atomic mass is 9.85. The average Bonchev–Trinajstić information content (AvgIpc) is 2.51. The topological polar surface area (TPSA) is 108 Å². The highest BCUT2D eigenvalue weighted by molar-refractivity contribution is 5.89. The Morgan fingerprint density at radius 1 is 1.50 bits per heavy atom. The van der Waals surface area contributed by atoms with Crippen LogP contribution in [0.25, 0.3) is 0 Å². The number of amides is 1. The summed E-state index contributed by atoms with van der Waals surface area (Å²) in [5.74, 6) is -0.948. The molecule has 0 unspecified atom stereocenters. The number of carbonyl (C=O) groups excluding carboxylic acids is 1. The Kier molecular flexibility index (Phi) is 3.60. The van der Waals surface area contributed by atoms with Crippen molar-refractivity contribution >= 4 is 17.8 Å². The minimum Gasteiger partial charge on any atom is -0.481 e. The van der Waals surface area contributed by atoms with E-state index in [1.807, 2.05) is 0 Å². The van der Waals surface area contributed by atoms with E-state index in [-0.39, 0.29) is 24.7 Å². The van der Waals surface area contributed by atoms with Gasteiger partial charge in [-0.2, -0.15) is 10.1 Å². The Morgan fingerprint density at radius 2 is 2.19 bits per heavy atom. The molecule has 0 aromatic carbocycles. The second kappa shape index (κ2) is 4.73. The summed E-state index contributed by atoms with van der Waals surface area (Å²) in [4.78, 5) is 25.8. The molecule has 1 heterocycles. The maximum absolute atomic E-state index is 11.5. The molecule has 1 aromatic rings. The van der Waals surface area contributed by atoms with Crippen LogP contribution < -0.4 is 5.32 Å². The van der Waals surface area contributed by atoms with Gasteiger partial charge in [-0.15, -0.1) is 0 Å². The molecule has 0 aliphatic rings. The minimum atomic E-state index is -0.919. The normalized spacial score (nSPS) is 11.1.